The number of aromatic nitrogens is 1. The second-order valence-electron chi connectivity index (χ2n) is 1.89. The molecule has 0 radical (unpaired) electrons. The Morgan fingerprint density at radius 2 is 2.45 bits per heavy atom. The molecule has 0 spiro atoms. The van der Waals surface area contributed by atoms with Crippen LogP contribution in [0.1, 0.15) is 0 Å². The van der Waals surface area contributed by atoms with Crippen LogP contribution in [-0.2, 0) is 0 Å². The summed E-state index contributed by atoms with van der Waals surface area (Å²) in [5, 5.41) is 3.46. The van der Waals surface area contributed by atoms with Crippen molar-refractivity contribution in [2.45, 2.75) is 0 Å². The molecule has 0 bridgehead atoms. The highest BCUT2D eigenvalue weighted by Gasteiger charge is 1.99. The van der Waals surface area contributed by atoms with Gasteiger partial charge in [0.15, 0.2) is 12.0 Å². The van der Waals surface area contributed by atoms with Crippen LogP contribution < -0.4 is 4.74 Å². The zero-order valence-corrected chi connectivity index (χ0v) is 5.56. The summed E-state index contributed by atoms with van der Waals surface area (Å²) in [6.45, 7) is 0. The van der Waals surface area contributed by atoms with Gasteiger partial charge in [-0.15, -0.1) is 0 Å². The first-order valence-electron chi connectivity index (χ1n) is 3.06. The van der Waals surface area contributed by atoms with Crippen molar-refractivity contribution < 1.29 is 13.7 Å². The molecular weight excluding hydrogens is 146 g/mol. The number of rotatable bonds is 2. The van der Waals surface area contributed by atoms with E-state index in [0.717, 1.165) is 0 Å². The first-order valence-corrected chi connectivity index (χ1v) is 3.06. The molecule has 0 fully saturated rings. The Morgan fingerprint density at radius 1 is 1.45 bits per heavy atom. The SMILES string of the molecule is c1coc(Oc2cnoc2)c1. The molecule has 2 aromatic heterocycles. The largest absolute Gasteiger partial charge is 0.434 e. The predicted octanol–water partition coefficient (Wildman–Crippen LogP) is 2.06. The summed E-state index contributed by atoms with van der Waals surface area (Å²) in [6.07, 6.45) is 4.38. The molecule has 0 aliphatic carbocycles. The third-order valence-electron chi connectivity index (χ3n) is 1.12. The standard InChI is InChI=1S/C7H5NO3/c1-2-7(9-3-1)11-6-4-8-10-5-6/h1-5H. The lowest BCUT2D eigenvalue weighted by atomic mass is 10.6. The molecule has 2 aromatic rings. The van der Waals surface area contributed by atoms with E-state index in [4.69, 9.17) is 9.15 Å². The maximum Gasteiger partial charge on any atom is 0.289 e. The van der Waals surface area contributed by atoms with Crippen molar-refractivity contribution in [2.75, 3.05) is 0 Å². The molecular formula is C7H5NO3. The minimum Gasteiger partial charge on any atom is -0.434 e. The van der Waals surface area contributed by atoms with Gasteiger partial charge in [0, 0.05) is 6.07 Å². The van der Waals surface area contributed by atoms with Crippen molar-refractivity contribution >= 4 is 0 Å². The molecule has 0 N–H and O–H groups in total. The van der Waals surface area contributed by atoms with Gasteiger partial charge in [0.1, 0.15) is 6.20 Å². The zero-order valence-electron chi connectivity index (χ0n) is 5.56. The minimum absolute atomic E-state index is 0.424. The van der Waals surface area contributed by atoms with Crippen molar-refractivity contribution in [3.8, 4) is 11.7 Å². The molecule has 2 heterocycles. The summed E-state index contributed by atoms with van der Waals surface area (Å²) < 4.78 is 14.6. The summed E-state index contributed by atoms with van der Waals surface area (Å²) in [4.78, 5) is 0. The molecule has 0 unspecified atom stereocenters. The molecule has 56 valence electrons. The van der Waals surface area contributed by atoms with Crippen LogP contribution in [0.4, 0.5) is 0 Å². The lowest BCUT2D eigenvalue weighted by molar-refractivity contribution is 0.341. The Kier molecular flexibility index (Phi) is 1.37. The summed E-state index contributed by atoms with van der Waals surface area (Å²) in [7, 11) is 0. The fourth-order valence-corrected chi connectivity index (χ4v) is 0.683. The number of furan rings is 1. The molecule has 11 heavy (non-hydrogen) atoms. The summed E-state index contributed by atoms with van der Waals surface area (Å²) >= 11 is 0. The van der Waals surface area contributed by atoms with Crippen molar-refractivity contribution in [3.05, 3.63) is 30.9 Å². The number of hydrogen-bond acceptors (Lipinski definition) is 4. The quantitative estimate of drug-likeness (QED) is 0.659. The second kappa shape index (κ2) is 2.49. The average molecular weight is 151 g/mol. The molecule has 0 aliphatic rings. The Bertz CT molecular complexity index is 266. The summed E-state index contributed by atoms with van der Waals surface area (Å²) in [5.74, 6) is 0.952. The highest BCUT2D eigenvalue weighted by atomic mass is 16.6. The smallest absolute Gasteiger partial charge is 0.289 e. The van der Waals surface area contributed by atoms with E-state index in [-0.39, 0.29) is 0 Å². The molecule has 4 nitrogen and oxygen atoms in total. The molecule has 0 amide bonds. The van der Waals surface area contributed by atoms with Crippen LogP contribution in [-0.4, -0.2) is 5.16 Å². The van der Waals surface area contributed by atoms with E-state index in [9.17, 15) is 0 Å². The highest BCUT2D eigenvalue weighted by molar-refractivity contribution is 5.17. The van der Waals surface area contributed by atoms with Gasteiger partial charge in [0.25, 0.3) is 5.95 Å². The van der Waals surface area contributed by atoms with Crippen LogP contribution in [0.3, 0.4) is 0 Å². The van der Waals surface area contributed by atoms with Gasteiger partial charge in [0.2, 0.25) is 0 Å². The number of ether oxygens (including phenoxy) is 1. The van der Waals surface area contributed by atoms with Gasteiger partial charge >= 0.3 is 0 Å². The maximum absolute atomic E-state index is 5.14. The van der Waals surface area contributed by atoms with E-state index in [2.05, 4.69) is 9.68 Å². The Hall–Kier alpha value is -1.71. The molecule has 0 saturated carbocycles. The zero-order chi connectivity index (χ0) is 7.52. The van der Waals surface area contributed by atoms with Crippen LogP contribution in [0, 0.1) is 0 Å². The third-order valence-corrected chi connectivity index (χ3v) is 1.12. The van der Waals surface area contributed by atoms with E-state index in [0.29, 0.717) is 11.7 Å². The van der Waals surface area contributed by atoms with Gasteiger partial charge in [-0.3, -0.25) is 0 Å². The molecule has 2 rings (SSSR count). The summed E-state index contributed by atoms with van der Waals surface area (Å²) in [6, 6.07) is 3.44. The van der Waals surface area contributed by atoms with E-state index >= 15 is 0 Å². The Morgan fingerprint density at radius 3 is 3.09 bits per heavy atom. The topological polar surface area (TPSA) is 48.4 Å². The summed E-state index contributed by atoms with van der Waals surface area (Å²) in [5.41, 5.74) is 0. The fraction of sp³-hybridized carbons (Fsp3) is 0. The van der Waals surface area contributed by atoms with E-state index in [1.54, 1.807) is 12.1 Å². The molecule has 4 heteroatoms. The van der Waals surface area contributed by atoms with Crippen LogP contribution in [0.15, 0.2) is 39.8 Å². The van der Waals surface area contributed by atoms with Gasteiger partial charge in [-0.1, -0.05) is 5.16 Å². The lowest BCUT2D eigenvalue weighted by Crippen LogP contribution is -1.76. The van der Waals surface area contributed by atoms with Crippen molar-refractivity contribution in [3.63, 3.8) is 0 Å². The Balaban J connectivity index is 2.14. The Labute approximate surface area is 62.4 Å². The first kappa shape index (κ1) is 6.03. The van der Waals surface area contributed by atoms with Gasteiger partial charge < -0.3 is 13.7 Å². The van der Waals surface area contributed by atoms with Crippen molar-refractivity contribution in [2.24, 2.45) is 0 Å². The van der Waals surface area contributed by atoms with Crippen molar-refractivity contribution in [1.29, 1.82) is 0 Å². The minimum atomic E-state index is 0.424. The molecule has 0 saturated heterocycles. The van der Waals surface area contributed by atoms with Crippen LogP contribution in [0.2, 0.25) is 0 Å². The van der Waals surface area contributed by atoms with Crippen molar-refractivity contribution in [1.82, 2.24) is 5.16 Å². The van der Waals surface area contributed by atoms with Gasteiger partial charge in [-0.25, -0.2) is 0 Å². The van der Waals surface area contributed by atoms with Gasteiger partial charge in [0.05, 0.1) is 6.26 Å². The second-order valence-corrected chi connectivity index (χ2v) is 1.89. The van der Waals surface area contributed by atoms with Crippen LogP contribution in [0.5, 0.6) is 11.7 Å². The monoisotopic (exact) mass is 151 g/mol. The highest BCUT2D eigenvalue weighted by Crippen LogP contribution is 2.19. The maximum atomic E-state index is 5.14. The van der Waals surface area contributed by atoms with Gasteiger partial charge in [-0.2, -0.15) is 0 Å². The number of nitrogens with zero attached hydrogens (tertiary/aromatic N) is 1. The number of hydrogen-bond donors (Lipinski definition) is 0. The van der Waals surface area contributed by atoms with Crippen LogP contribution >= 0.6 is 0 Å². The molecule has 0 atom stereocenters. The molecule has 0 aliphatic heterocycles. The molecule has 0 aromatic carbocycles. The van der Waals surface area contributed by atoms with E-state index < -0.39 is 0 Å². The van der Waals surface area contributed by atoms with E-state index in [1.165, 1.54) is 18.7 Å². The first-order chi connectivity index (χ1) is 5.45. The average Bonchev–Trinajstić information content (AvgIpc) is 2.60. The fourth-order valence-electron chi connectivity index (χ4n) is 0.683. The van der Waals surface area contributed by atoms with Crippen LogP contribution in [0.25, 0.3) is 0 Å². The third kappa shape index (κ3) is 1.24. The lowest BCUT2D eigenvalue weighted by Gasteiger charge is -1.92. The van der Waals surface area contributed by atoms with Gasteiger partial charge in [-0.05, 0) is 6.07 Å². The predicted molar refractivity (Wildman–Crippen MR) is 35.3 cm³/mol. The normalized spacial score (nSPS) is 9.82. The van der Waals surface area contributed by atoms with E-state index in [1.807, 2.05) is 0 Å².